The number of aliphatic hydroxyl groups is 1. The van der Waals surface area contributed by atoms with Crippen molar-refractivity contribution in [3.05, 3.63) is 40.8 Å². The summed E-state index contributed by atoms with van der Waals surface area (Å²) in [6, 6.07) is 3.42. The number of halogens is 1. The minimum Gasteiger partial charge on any atom is -0.481 e. The number of methoxy groups -OCH3 is 1. The molecule has 0 saturated heterocycles. The molecule has 0 aromatic carbocycles. The van der Waals surface area contributed by atoms with Gasteiger partial charge in [-0.25, -0.2) is 4.98 Å². The number of nitrogens with zero attached hydrogens (tertiary/aromatic N) is 3. The lowest BCUT2D eigenvalue weighted by Crippen LogP contribution is -2.07. The Morgan fingerprint density at radius 3 is 2.65 bits per heavy atom. The number of hydrogen-bond acceptors (Lipinski definition) is 4. The second kappa shape index (κ2) is 4.73. The van der Waals surface area contributed by atoms with Crippen molar-refractivity contribution in [3.63, 3.8) is 0 Å². The number of aliphatic hydroxyl groups excluding tert-OH is 1. The first kappa shape index (κ1) is 11.9. The van der Waals surface area contributed by atoms with Gasteiger partial charge in [0.25, 0.3) is 0 Å². The Labute approximate surface area is 104 Å². The highest BCUT2D eigenvalue weighted by atomic mass is 35.5. The third-order valence-corrected chi connectivity index (χ3v) is 2.77. The van der Waals surface area contributed by atoms with Crippen LogP contribution in [0.5, 0.6) is 5.88 Å². The molecule has 2 aromatic rings. The van der Waals surface area contributed by atoms with Crippen molar-refractivity contribution >= 4 is 11.6 Å². The van der Waals surface area contributed by atoms with Crippen molar-refractivity contribution in [2.24, 2.45) is 7.05 Å². The topological polar surface area (TPSA) is 60.2 Å². The van der Waals surface area contributed by atoms with Gasteiger partial charge in [-0.3, -0.25) is 4.68 Å². The number of rotatable bonds is 3. The molecule has 0 spiro atoms. The number of pyridine rings is 1. The molecule has 1 N–H and O–H groups in total. The molecular formula is C11H12ClN3O2. The molecule has 2 heterocycles. The van der Waals surface area contributed by atoms with Crippen LogP contribution in [0.4, 0.5) is 0 Å². The van der Waals surface area contributed by atoms with Crippen molar-refractivity contribution in [3.8, 4) is 5.88 Å². The van der Waals surface area contributed by atoms with Gasteiger partial charge in [0.15, 0.2) is 0 Å². The second-order valence-electron chi connectivity index (χ2n) is 3.54. The third kappa shape index (κ3) is 2.25. The van der Waals surface area contributed by atoms with Crippen LogP contribution < -0.4 is 4.74 Å². The maximum atomic E-state index is 10.2. The van der Waals surface area contributed by atoms with Gasteiger partial charge in [0.05, 0.1) is 24.0 Å². The second-order valence-corrected chi connectivity index (χ2v) is 3.94. The Hall–Kier alpha value is -1.59. The number of aromatic nitrogens is 3. The summed E-state index contributed by atoms with van der Waals surface area (Å²) in [7, 11) is 3.26. The molecule has 0 aliphatic rings. The minimum absolute atomic E-state index is 0.427. The van der Waals surface area contributed by atoms with Crippen molar-refractivity contribution in [1.29, 1.82) is 0 Å². The SMILES string of the molecule is COc1ccc(C(O)c2c(Cl)cnn2C)cn1. The Bertz CT molecular complexity index is 490. The Balaban J connectivity index is 2.33. The molecule has 5 nitrogen and oxygen atoms in total. The van der Waals surface area contributed by atoms with Crippen molar-refractivity contribution in [1.82, 2.24) is 14.8 Å². The van der Waals surface area contributed by atoms with Gasteiger partial charge in [-0.2, -0.15) is 5.10 Å². The van der Waals surface area contributed by atoms with Crippen LogP contribution in [0.15, 0.2) is 24.5 Å². The van der Waals surface area contributed by atoms with Crippen molar-refractivity contribution in [2.45, 2.75) is 6.10 Å². The summed E-state index contributed by atoms with van der Waals surface area (Å²) in [5.74, 6) is 0.497. The first-order valence-electron chi connectivity index (χ1n) is 4.99. The molecule has 0 aliphatic carbocycles. The largest absolute Gasteiger partial charge is 0.481 e. The summed E-state index contributed by atoms with van der Waals surface area (Å²) in [5.41, 5.74) is 1.18. The molecule has 17 heavy (non-hydrogen) atoms. The van der Waals surface area contributed by atoms with E-state index in [9.17, 15) is 5.11 Å². The zero-order valence-corrected chi connectivity index (χ0v) is 10.2. The highest BCUT2D eigenvalue weighted by Gasteiger charge is 2.18. The molecule has 1 unspecified atom stereocenters. The Morgan fingerprint density at radius 1 is 1.41 bits per heavy atom. The van der Waals surface area contributed by atoms with Crippen molar-refractivity contribution < 1.29 is 9.84 Å². The fraction of sp³-hybridized carbons (Fsp3) is 0.273. The van der Waals surface area contributed by atoms with E-state index in [0.29, 0.717) is 22.2 Å². The van der Waals surface area contributed by atoms with Gasteiger partial charge in [0.1, 0.15) is 6.10 Å². The molecular weight excluding hydrogens is 242 g/mol. The van der Waals surface area contributed by atoms with Crippen LogP contribution in [0, 0.1) is 0 Å². The zero-order chi connectivity index (χ0) is 12.4. The summed E-state index contributed by atoms with van der Waals surface area (Å²) in [6.07, 6.45) is 2.19. The lowest BCUT2D eigenvalue weighted by atomic mass is 10.1. The van der Waals surface area contributed by atoms with Crippen LogP contribution in [-0.4, -0.2) is 27.0 Å². The van der Waals surface area contributed by atoms with E-state index in [1.54, 1.807) is 25.4 Å². The van der Waals surface area contributed by atoms with E-state index >= 15 is 0 Å². The summed E-state index contributed by atoms with van der Waals surface area (Å²) in [4.78, 5) is 4.03. The lowest BCUT2D eigenvalue weighted by molar-refractivity contribution is 0.209. The monoisotopic (exact) mass is 253 g/mol. The predicted octanol–water partition coefficient (Wildman–Crippen LogP) is 1.56. The third-order valence-electron chi connectivity index (χ3n) is 2.48. The molecule has 0 bridgehead atoms. The van der Waals surface area contributed by atoms with Gasteiger partial charge >= 0.3 is 0 Å². The van der Waals surface area contributed by atoms with E-state index in [4.69, 9.17) is 16.3 Å². The van der Waals surface area contributed by atoms with Crippen LogP contribution >= 0.6 is 11.6 Å². The molecule has 2 aromatic heterocycles. The summed E-state index contributed by atoms with van der Waals surface area (Å²) < 4.78 is 6.49. The minimum atomic E-state index is -0.853. The number of aryl methyl sites for hydroxylation is 1. The number of ether oxygens (including phenoxy) is 1. The van der Waals surface area contributed by atoms with E-state index in [2.05, 4.69) is 10.1 Å². The molecule has 0 radical (unpaired) electrons. The van der Waals surface area contributed by atoms with Crippen LogP contribution in [0.2, 0.25) is 5.02 Å². The molecule has 1 atom stereocenters. The highest BCUT2D eigenvalue weighted by molar-refractivity contribution is 6.31. The standard InChI is InChI=1S/C11H12ClN3O2/c1-15-10(8(12)6-14-15)11(16)7-3-4-9(17-2)13-5-7/h3-6,11,16H,1-2H3. The first-order valence-corrected chi connectivity index (χ1v) is 5.36. The van der Waals surface area contributed by atoms with Crippen LogP contribution in [0.25, 0.3) is 0 Å². The fourth-order valence-corrected chi connectivity index (χ4v) is 1.83. The van der Waals surface area contributed by atoms with Gasteiger partial charge in [0, 0.05) is 24.9 Å². The van der Waals surface area contributed by atoms with Crippen LogP contribution in [0.1, 0.15) is 17.4 Å². The van der Waals surface area contributed by atoms with Gasteiger partial charge in [-0.05, 0) is 6.07 Å². The maximum absolute atomic E-state index is 10.2. The summed E-state index contributed by atoms with van der Waals surface area (Å²) in [6.45, 7) is 0. The molecule has 90 valence electrons. The Kier molecular flexibility index (Phi) is 3.31. The average Bonchev–Trinajstić information content (AvgIpc) is 2.68. The van der Waals surface area contributed by atoms with E-state index < -0.39 is 6.10 Å². The molecule has 0 fully saturated rings. The van der Waals surface area contributed by atoms with E-state index in [1.807, 2.05) is 0 Å². The van der Waals surface area contributed by atoms with Gasteiger partial charge in [-0.1, -0.05) is 11.6 Å². The highest BCUT2D eigenvalue weighted by Crippen LogP contribution is 2.27. The smallest absolute Gasteiger partial charge is 0.212 e. The van der Waals surface area contributed by atoms with Crippen LogP contribution in [-0.2, 0) is 7.05 Å². The Morgan fingerprint density at radius 2 is 2.18 bits per heavy atom. The molecule has 0 aliphatic heterocycles. The maximum Gasteiger partial charge on any atom is 0.212 e. The normalized spacial score (nSPS) is 12.5. The zero-order valence-electron chi connectivity index (χ0n) is 9.46. The van der Waals surface area contributed by atoms with E-state index in [-0.39, 0.29) is 0 Å². The van der Waals surface area contributed by atoms with Gasteiger partial charge < -0.3 is 9.84 Å². The summed E-state index contributed by atoms with van der Waals surface area (Å²) >= 11 is 5.96. The number of hydrogen-bond donors (Lipinski definition) is 1. The van der Waals surface area contributed by atoms with Crippen LogP contribution in [0.3, 0.4) is 0 Å². The first-order chi connectivity index (χ1) is 8.13. The molecule has 2 rings (SSSR count). The van der Waals surface area contributed by atoms with Crippen molar-refractivity contribution in [2.75, 3.05) is 7.11 Å². The summed E-state index contributed by atoms with van der Waals surface area (Å²) in [5, 5.41) is 14.6. The lowest BCUT2D eigenvalue weighted by Gasteiger charge is -2.12. The molecule has 6 heteroatoms. The quantitative estimate of drug-likeness (QED) is 0.902. The van der Waals surface area contributed by atoms with E-state index in [1.165, 1.54) is 18.0 Å². The van der Waals surface area contributed by atoms with Gasteiger partial charge in [-0.15, -0.1) is 0 Å². The fourth-order valence-electron chi connectivity index (χ4n) is 1.56. The predicted molar refractivity (Wildman–Crippen MR) is 63.1 cm³/mol. The molecule has 0 saturated carbocycles. The van der Waals surface area contributed by atoms with E-state index in [0.717, 1.165) is 0 Å². The molecule has 0 amide bonds. The average molecular weight is 254 g/mol. The van der Waals surface area contributed by atoms with Gasteiger partial charge in [0.2, 0.25) is 5.88 Å².